The predicted molar refractivity (Wildman–Crippen MR) is 119 cm³/mol. The van der Waals surface area contributed by atoms with Gasteiger partial charge in [-0.2, -0.15) is 0 Å². The molecule has 0 bridgehead atoms. The Bertz CT molecular complexity index is 1090. The molecule has 0 saturated carbocycles. The van der Waals surface area contributed by atoms with E-state index in [1.54, 1.807) is 24.3 Å². The number of carbonyl (C=O) groups is 3. The second-order valence-electron chi connectivity index (χ2n) is 6.78. The number of carbonyl (C=O) groups excluding carboxylic acids is 2. The van der Waals surface area contributed by atoms with Crippen LogP contribution in [0.5, 0.6) is 0 Å². The number of carboxylic acids is 1. The highest BCUT2D eigenvalue weighted by molar-refractivity contribution is 8.01. The Morgan fingerprint density at radius 2 is 2.06 bits per heavy atom. The molecule has 1 aromatic carbocycles. The van der Waals surface area contributed by atoms with Gasteiger partial charge in [-0.3, -0.25) is 14.5 Å². The zero-order valence-corrected chi connectivity index (χ0v) is 18.4. The first-order valence-electron chi connectivity index (χ1n) is 9.09. The Hall–Kier alpha value is -2.77. The number of carboxylic acid groups (broad SMARTS) is 1. The van der Waals surface area contributed by atoms with Crippen LogP contribution in [-0.2, 0) is 20.8 Å². The Morgan fingerprint density at radius 1 is 1.29 bits per heavy atom. The summed E-state index contributed by atoms with van der Waals surface area (Å²) in [6.07, 6.45) is 0.0440. The lowest BCUT2D eigenvalue weighted by atomic mass is 10.0. The molecule has 0 radical (unpaired) electrons. The minimum Gasteiger partial charge on any atom is -0.477 e. The van der Waals surface area contributed by atoms with Crippen LogP contribution in [0.4, 0.5) is 10.8 Å². The van der Waals surface area contributed by atoms with E-state index in [1.807, 2.05) is 0 Å². The first-order valence-corrected chi connectivity index (χ1v) is 11.9. The van der Waals surface area contributed by atoms with Crippen LogP contribution in [0.3, 0.4) is 0 Å². The molecule has 6 N–H and O–H groups in total. The van der Waals surface area contributed by atoms with Gasteiger partial charge in [0, 0.05) is 17.2 Å². The number of anilines is 2. The average molecular weight is 479 g/mol. The highest BCUT2D eigenvalue weighted by atomic mass is 32.2. The standard InChI is InChI=1S/C18H18N6O4S3/c19-10-4-2-1-3-8(10)5-11(25)21-12-14(26)24-13(16(27)28)9(6-29-15(12)24)7-30-18-23-22-17(20)31-18/h1-4,12,15H,5-7,19H2,(H2,20,22)(H,21,25)(H,27,28)/t12?,15-/m1/s1. The van der Waals surface area contributed by atoms with Crippen molar-refractivity contribution in [2.45, 2.75) is 22.2 Å². The maximum absolute atomic E-state index is 12.7. The lowest BCUT2D eigenvalue weighted by Crippen LogP contribution is -2.70. The molecule has 2 aromatic rings. The number of thioether (sulfide) groups is 2. The molecule has 4 rings (SSSR count). The minimum atomic E-state index is -1.17. The second-order valence-corrected chi connectivity index (χ2v) is 10.1. The number of nitrogens with zero attached hydrogens (tertiary/aromatic N) is 3. The van der Waals surface area contributed by atoms with Gasteiger partial charge in [0.25, 0.3) is 5.91 Å². The fourth-order valence-corrected chi connectivity index (χ4v) is 6.44. The van der Waals surface area contributed by atoms with Crippen molar-refractivity contribution in [1.82, 2.24) is 20.4 Å². The average Bonchev–Trinajstić information content (AvgIpc) is 3.16. The van der Waals surface area contributed by atoms with E-state index in [2.05, 4.69) is 15.5 Å². The molecule has 162 valence electrons. The Labute approximate surface area is 189 Å². The summed E-state index contributed by atoms with van der Waals surface area (Å²) in [7, 11) is 0. The second kappa shape index (κ2) is 8.77. The third-order valence-electron chi connectivity index (χ3n) is 4.76. The summed E-state index contributed by atoms with van der Waals surface area (Å²) in [6, 6.07) is 6.24. The summed E-state index contributed by atoms with van der Waals surface area (Å²) in [6.45, 7) is 0. The van der Waals surface area contributed by atoms with Gasteiger partial charge in [-0.05, 0) is 17.2 Å². The van der Waals surface area contributed by atoms with E-state index in [0.29, 0.717) is 37.8 Å². The van der Waals surface area contributed by atoms with Crippen molar-refractivity contribution >= 4 is 63.5 Å². The van der Waals surface area contributed by atoms with Gasteiger partial charge in [0.2, 0.25) is 11.0 Å². The Balaban J connectivity index is 1.43. The number of nitrogens with one attached hydrogen (secondary N) is 1. The van der Waals surface area contributed by atoms with Gasteiger partial charge >= 0.3 is 5.97 Å². The van der Waals surface area contributed by atoms with Gasteiger partial charge in [-0.1, -0.05) is 41.3 Å². The first kappa shape index (κ1) is 21.5. The van der Waals surface area contributed by atoms with Crippen molar-refractivity contribution in [1.29, 1.82) is 0 Å². The van der Waals surface area contributed by atoms with Crippen molar-refractivity contribution in [2.75, 3.05) is 23.0 Å². The number of aliphatic carboxylic acids is 1. The van der Waals surface area contributed by atoms with E-state index in [0.717, 1.165) is 0 Å². The fourth-order valence-electron chi connectivity index (χ4n) is 3.31. The molecule has 0 spiro atoms. The molecule has 1 fully saturated rings. The van der Waals surface area contributed by atoms with Crippen LogP contribution in [-0.4, -0.2) is 60.9 Å². The number of hydrogen-bond donors (Lipinski definition) is 4. The molecule has 2 amide bonds. The zero-order valence-electron chi connectivity index (χ0n) is 16.0. The SMILES string of the molecule is Nc1nnc(SCC2=C(C(=O)O)N3C(=O)C(NC(=O)Cc4ccccc4N)[C@H]3SC2)s1. The maximum Gasteiger partial charge on any atom is 0.352 e. The molecule has 1 unspecified atom stereocenters. The number of nitrogens with two attached hydrogens (primary N) is 2. The molecule has 13 heteroatoms. The van der Waals surface area contributed by atoms with Crippen LogP contribution in [0.2, 0.25) is 0 Å². The van der Waals surface area contributed by atoms with Crippen molar-refractivity contribution in [3.05, 3.63) is 41.1 Å². The Morgan fingerprint density at radius 3 is 2.74 bits per heavy atom. The number of nitrogen functional groups attached to an aromatic ring is 2. The topological polar surface area (TPSA) is 165 Å². The van der Waals surface area contributed by atoms with Crippen LogP contribution in [0, 0.1) is 0 Å². The summed E-state index contributed by atoms with van der Waals surface area (Å²) in [4.78, 5) is 38.3. The minimum absolute atomic E-state index is 0.0310. The molecule has 2 aliphatic rings. The summed E-state index contributed by atoms with van der Waals surface area (Å²) in [5.41, 5.74) is 13.2. The van der Waals surface area contributed by atoms with Gasteiger partial charge in [0.15, 0.2) is 4.34 Å². The van der Waals surface area contributed by atoms with Gasteiger partial charge in [0.1, 0.15) is 17.1 Å². The van der Waals surface area contributed by atoms with E-state index < -0.39 is 23.3 Å². The summed E-state index contributed by atoms with van der Waals surface area (Å²) < 4.78 is 0.627. The van der Waals surface area contributed by atoms with E-state index in [4.69, 9.17) is 11.5 Å². The molecule has 0 aliphatic carbocycles. The largest absolute Gasteiger partial charge is 0.477 e. The summed E-state index contributed by atoms with van der Waals surface area (Å²) in [5.74, 6) is -1.17. The van der Waals surface area contributed by atoms with Gasteiger partial charge in [-0.15, -0.1) is 22.0 Å². The molecule has 2 aliphatic heterocycles. The summed E-state index contributed by atoms with van der Waals surface area (Å²) in [5, 5.41) is 20.0. The Kier molecular flexibility index (Phi) is 6.07. The number of rotatable bonds is 7. The molecular weight excluding hydrogens is 460 g/mol. The lowest BCUT2D eigenvalue weighted by Gasteiger charge is -2.49. The number of aromatic nitrogens is 2. The van der Waals surface area contributed by atoms with Gasteiger partial charge < -0.3 is 21.9 Å². The third-order valence-corrected chi connectivity index (χ3v) is 8.08. The highest BCUT2D eigenvalue weighted by Gasteiger charge is 2.54. The number of benzene rings is 1. The van der Waals surface area contributed by atoms with Crippen LogP contribution in [0.1, 0.15) is 5.56 Å². The maximum atomic E-state index is 12.7. The monoisotopic (exact) mass is 478 g/mol. The van der Waals surface area contributed by atoms with Crippen molar-refractivity contribution in [3.8, 4) is 0 Å². The lowest BCUT2D eigenvalue weighted by molar-refractivity contribution is -0.150. The number of amides is 2. The van der Waals surface area contributed by atoms with E-state index in [-0.39, 0.29) is 18.0 Å². The predicted octanol–water partition coefficient (Wildman–Crippen LogP) is 0.776. The molecule has 31 heavy (non-hydrogen) atoms. The van der Waals surface area contributed by atoms with Crippen LogP contribution in [0.15, 0.2) is 39.9 Å². The molecule has 2 atom stereocenters. The van der Waals surface area contributed by atoms with Crippen LogP contribution >= 0.6 is 34.9 Å². The van der Waals surface area contributed by atoms with Crippen LogP contribution in [0.25, 0.3) is 0 Å². The van der Waals surface area contributed by atoms with Crippen LogP contribution < -0.4 is 16.8 Å². The highest BCUT2D eigenvalue weighted by Crippen LogP contribution is 2.41. The number of para-hydroxylation sites is 1. The molecular formula is C18H18N6O4S3. The fraction of sp³-hybridized carbons (Fsp3) is 0.278. The van der Waals surface area contributed by atoms with Crippen molar-refractivity contribution in [2.24, 2.45) is 0 Å². The number of fused-ring (bicyclic) bond motifs is 1. The molecule has 10 nitrogen and oxygen atoms in total. The van der Waals surface area contributed by atoms with Crippen molar-refractivity contribution in [3.63, 3.8) is 0 Å². The zero-order chi connectivity index (χ0) is 22.1. The molecule has 1 saturated heterocycles. The number of hydrogen-bond acceptors (Lipinski definition) is 10. The third kappa shape index (κ3) is 4.34. The summed E-state index contributed by atoms with van der Waals surface area (Å²) >= 11 is 3.96. The normalized spacial score (nSPS) is 20.3. The van der Waals surface area contributed by atoms with E-state index in [9.17, 15) is 19.5 Å². The smallest absolute Gasteiger partial charge is 0.352 e. The quantitative estimate of drug-likeness (QED) is 0.254. The van der Waals surface area contributed by atoms with E-state index >= 15 is 0 Å². The van der Waals surface area contributed by atoms with Gasteiger partial charge in [0.05, 0.1) is 6.42 Å². The molecule has 3 heterocycles. The molecule has 1 aromatic heterocycles. The van der Waals surface area contributed by atoms with Gasteiger partial charge in [-0.25, -0.2) is 4.79 Å². The number of β-lactam (4-membered cyclic amide) rings is 1. The first-order chi connectivity index (χ1) is 14.8. The van der Waals surface area contributed by atoms with E-state index in [1.165, 1.54) is 39.8 Å². The van der Waals surface area contributed by atoms with Crippen molar-refractivity contribution < 1.29 is 19.5 Å².